The maximum Gasteiger partial charge on any atom is 0.251 e. The van der Waals surface area contributed by atoms with Crippen molar-refractivity contribution in [2.75, 3.05) is 20.1 Å². The maximum absolute atomic E-state index is 12.2. The van der Waals surface area contributed by atoms with Crippen LogP contribution in [0.2, 0.25) is 0 Å². The summed E-state index contributed by atoms with van der Waals surface area (Å²) in [5, 5.41) is 6.00. The average Bonchev–Trinajstić information content (AvgIpc) is 2.58. The fraction of sp³-hybridized carbons (Fsp3) is 0.368. The fourth-order valence-electron chi connectivity index (χ4n) is 2.52. The van der Waals surface area contributed by atoms with Crippen LogP contribution in [-0.4, -0.2) is 31.0 Å². The van der Waals surface area contributed by atoms with Crippen LogP contribution in [-0.2, 0) is 6.61 Å². The first-order chi connectivity index (χ1) is 11.6. The number of benzene rings is 1. The summed E-state index contributed by atoms with van der Waals surface area (Å²) in [6.45, 7) is 5.94. The Morgan fingerprint density at radius 1 is 1.15 bits per heavy atom. The van der Waals surface area contributed by atoms with E-state index in [1.54, 1.807) is 12.4 Å². The molecule has 1 amide bonds. The number of nitrogens with zero attached hydrogens (tertiary/aromatic N) is 1. The highest BCUT2D eigenvalue weighted by Crippen LogP contribution is 2.25. The first-order valence-electron chi connectivity index (χ1n) is 8.17. The minimum atomic E-state index is -0.0453. The summed E-state index contributed by atoms with van der Waals surface area (Å²) in [6.07, 6.45) is 4.44. The van der Waals surface area contributed by atoms with Crippen molar-refractivity contribution in [3.05, 3.63) is 58.9 Å². The molecule has 2 aromatic rings. The van der Waals surface area contributed by atoms with Crippen molar-refractivity contribution in [2.24, 2.45) is 0 Å². The van der Waals surface area contributed by atoms with Gasteiger partial charge in [0.15, 0.2) is 0 Å². The molecule has 0 fully saturated rings. The molecule has 0 bridgehead atoms. The second-order valence-corrected chi connectivity index (χ2v) is 5.80. The molecule has 144 valence electrons. The summed E-state index contributed by atoms with van der Waals surface area (Å²) in [7, 11) is 1.90. The van der Waals surface area contributed by atoms with Crippen molar-refractivity contribution in [1.29, 1.82) is 0 Å². The maximum atomic E-state index is 12.2. The smallest absolute Gasteiger partial charge is 0.251 e. The highest BCUT2D eigenvalue weighted by molar-refractivity contribution is 5.94. The molecule has 0 saturated heterocycles. The highest BCUT2D eigenvalue weighted by Gasteiger charge is 2.11. The molecule has 26 heavy (non-hydrogen) atoms. The number of carbonyl (C=O) groups is 1. The van der Waals surface area contributed by atoms with E-state index in [2.05, 4.69) is 15.6 Å². The van der Waals surface area contributed by atoms with Gasteiger partial charge in [-0.2, -0.15) is 0 Å². The van der Waals surface area contributed by atoms with Crippen LogP contribution in [0.5, 0.6) is 5.75 Å². The quantitative estimate of drug-likeness (QED) is 0.667. The predicted octanol–water partition coefficient (Wildman–Crippen LogP) is 3.46. The van der Waals surface area contributed by atoms with Gasteiger partial charge in [-0.1, -0.05) is 6.07 Å². The van der Waals surface area contributed by atoms with Gasteiger partial charge in [0.2, 0.25) is 0 Å². The third kappa shape index (κ3) is 7.20. The number of nitrogens with one attached hydrogen (secondary N) is 2. The van der Waals surface area contributed by atoms with Crippen LogP contribution in [0, 0.1) is 13.8 Å². The van der Waals surface area contributed by atoms with E-state index in [0.717, 1.165) is 35.4 Å². The molecule has 0 radical (unpaired) electrons. The van der Waals surface area contributed by atoms with E-state index in [1.807, 2.05) is 45.2 Å². The first kappa shape index (κ1) is 24.2. The Balaban J connectivity index is 0.00000312. The highest BCUT2D eigenvalue weighted by atomic mass is 35.5. The third-order valence-corrected chi connectivity index (χ3v) is 3.72. The molecule has 1 aromatic heterocycles. The van der Waals surface area contributed by atoms with E-state index < -0.39 is 0 Å². The van der Waals surface area contributed by atoms with E-state index in [-0.39, 0.29) is 30.7 Å². The fourth-order valence-corrected chi connectivity index (χ4v) is 2.52. The number of ether oxygens (including phenoxy) is 1. The lowest BCUT2D eigenvalue weighted by Crippen LogP contribution is -2.26. The van der Waals surface area contributed by atoms with Crippen molar-refractivity contribution >= 4 is 30.7 Å². The summed E-state index contributed by atoms with van der Waals surface area (Å²) in [5.74, 6) is 0.779. The summed E-state index contributed by atoms with van der Waals surface area (Å²) in [5.41, 5.74) is 3.60. The van der Waals surface area contributed by atoms with Crippen molar-refractivity contribution in [3.8, 4) is 5.75 Å². The zero-order chi connectivity index (χ0) is 17.4. The minimum absolute atomic E-state index is 0. The van der Waals surface area contributed by atoms with E-state index in [4.69, 9.17) is 4.74 Å². The molecule has 0 unspecified atom stereocenters. The number of hydrogen-bond acceptors (Lipinski definition) is 4. The van der Waals surface area contributed by atoms with E-state index >= 15 is 0 Å². The van der Waals surface area contributed by atoms with E-state index in [0.29, 0.717) is 18.7 Å². The minimum Gasteiger partial charge on any atom is -0.488 e. The van der Waals surface area contributed by atoms with Crippen LogP contribution in [0.1, 0.15) is 33.5 Å². The second kappa shape index (κ2) is 12.5. The van der Waals surface area contributed by atoms with Gasteiger partial charge in [0.05, 0.1) is 0 Å². The molecule has 0 aliphatic rings. The Bertz CT molecular complexity index is 659. The first-order valence-corrected chi connectivity index (χ1v) is 8.17. The van der Waals surface area contributed by atoms with Crippen LogP contribution < -0.4 is 15.4 Å². The zero-order valence-corrected chi connectivity index (χ0v) is 17.0. The lowest BCUT2D eigenvalue weighted by molar-refractivity contribution is 0.0953. The molecule has 7 heteroatoms. The Kier molecular flexibility index (Phi) is 11.6. The molecule has 0 aliphatic heterocycles. The van der Waals surface area contributed by atoms with Gasteiger partial charge >= 0.3 is 0 Å². The number of pyridine rings is 1. The van der Waals surface area contributed by atoms with Gasteiger partial charge in [0.1, 0.15) is 12.4 Å². The van der Waals surface area contributed by atoms with Crippen molar-refractivity contribution in [1.82, 2.24) is 15.6 Å². The average molecular weight is 400 g/mol. The number of aryl methyl sites for hydroxylation is 2. The Morgan fingerprint density at radius 3 is 2.42 bits per heavy atom. The van der Waals surface area contributed by atoms with Crippen LogP contribution in [0.4, 0.5) is 0 Å². The topological polar surface area (TPSA) is 63.2 Å². The summed E-state index contributed by atoms with van der Waals surface area (Å²) >= 11 is 0. The predicted molar refractivity (Wildman–Crippen MR) is 110 cm³/mol. The molecule has 0 saturated carbocycles. The van der Waals surface area contributed by atoms with Gasteiger partial charge in [-0.3, -0.25) is 9.78 Å². The SMILES string of the molecule is CNCCCNC(=O)c1cc(C)c(OCc2cccnc2)c(C)c1.Cl.Cl. The van der Waals surface area contributed by atoms with Gasteiger partial charge in [-0.05, 0) is 63.2 Å². The number of amides is 1. The molecular weight excluding hydrogens is 373 g/mol. The van der Waals surface area contributed by atoms with E-state index in [1.165, 1.54) is 0 Å². The molecule has 0 spiro atoms. The summed E-state index contributed by atoms with van der Waals surface area (Å²) in [6, 6.07) is 7.61. The molecule has 2 rings (SSSR count). The number of hydrogen-bond donors (Lipinski definition) is 2. The van der Waals surface area contributed by atoms with E-state index in [9.17, 15) is 4.79 Å². The van der Waals surface area contributed by atoms with Crippen molar-refractivity contribution in [3.63, 3.8) is 0 Å². The molecule has 1 heterocycles. The Labute approximate surface area is 167 Å². The standard InChI is InChI=1S/C19H25N3O2.2ClH/c1-14-10-17(19(23)22-9-5-7-20-3)11-15(2)18(14)24-13-16-6-4-8-21-12-16;;/h4,6,8,10-12,20H,5,7,9,13H2,1-3H3,(H,22,23);2*1H. The lowest BCUT2D eigenvalue weighted by atomic mass is 10.0. The van der Waals surface area contributed by atoms with Crippen molar-refractivity contribution < 1.29 is 9.53 Å². The Hall–Kier alpha value is -1.82. The van der Waals surface area contributed by atoms with Gasteiger partial charge in [-0.25, -0.2) is 0 Å². The van der Waals surface area contributed by atoms with Crippen molar-refractivity contribution in [2.45, 2.75) is 26.9 Å². The Morgan fingerprint density at radius 2 is 1.85 bits per heavy atom. The zero-order valence-electron chi connectivity index (χ0n) is 15.4. The normalized spacial score (nSPS) is 9.65. The number of rotatable bonds is 8. The monoisotopic (exact) mass is 399 g/mol. The summed E-state index contributed by atoms with van der Waals surface area (Å²) in [4.78, 5) is 16.3. The number of halogens is 2. The molecule has 0 atom stereocenters. The van der Waals surface area contributed by atoms with Crippen LogP contribution >= 0.6 is 24.8 Å². The van der Waals surface area contributed by atoms with Crippen LogP contribution in [0.25, 0.3) is 0 Å². The van der Waals surface area contributed by atoms with Crippen LogP contribution in [0.15, 0.2) is 36.7 Å². The largest absolute Gasteiger partial charge is 0.488 e. The van der Waals surface area contributed by atoms with Crippen LogP contribution in [0.3, 0.4) is 0 Å². The molecule has 5 nitrogen and oxygen atoms in total. The lowest BCUT2D eigenvalue weighted by Gasteiger charge is -2.14. The number of aromatic nitrogens is 1. The van der Waals surface area contributed by atoms with Gasteiger partial charge < -0.3 is 15.4 Å². The molecule has 2 N–H and O–H groups in total. The third-order valence-electron chi connectivity index (χ3n) is 3.72. The molecule has 1 aromatic carbocycles. The van der Waals surface area contributed by atoms with Gasteiger partial charge in [-0.15, -0.1) is 24.8 Å². The molecule has 0 aliphatic carbocycles. The number of carbonyl (C=O) groups excluding carboxylic acids is 1. The second-order valence-electron chi connectivity index (χ2n) is 5.80. The summed E-state index contributed by atoms with van der Waals surface area (Å²) < 4.78 is 5.92. The van der Waals surface area contributed by atoms with Gasteiger partial charge in [0, 0.05) is 30.1 Å². The van der Waals surface area contributed by atoms with Gasteiger partial charge in [0.25, 0.3) is 5.91 Å². The molecular formula is C19H27Cl2N3O2.